The van der Waals surface area contributed by atoms with Crippen molar-refractivity contribution < 1.29 is 4.42 Å². The molecular formula is C7H5IN2O. The van der Waals surface area contributed by atoms with Gasteiger partial charge in [-0.2, -0.15) is 0 Å². The number of nitrogens with zero attached hydrogens (tertiary/aromatic N) is 1. The lowest BCUT2D eigenvalue weighted by molar-refractivity contribution is 0.567. The van der Waals surface area contributed by atoms with Crippen LogP contribution in [0.5, 0.6) is 0 Å². The molecule has 3 nitrogen and oxygen atoms in total. The first-order valence-corrected chi connectivity index (χ1v) is 4.16. The maximum absolute atomic E-state index is 5.63. The summed E-state index contributed by atoms with van der Waals surface area (Å²) in [4.78, 5) is 4.11. The zero-order valence-corrected chi connectivity index (χ0v) is 7.70. The average molecular weight is 260 g/mol. The normalized spacial score (nSPS) is 10.6. The number of anilines is 1. The van der Waals surface area contributed by atoms with Gasteiger partial charge in [-0.05, 0) is 12.1 Å². The number of fused-ring (bicyclic) bond motifs is 1. The van der Waals surface area contributed by atoms with Crippen molar-refractivity contribution in [2.45, 2.75) is 0 Å². The summed E-state index contributed by atoms with van der Waals surface area (Å²) in [7, 11) is 0. The van der Waals surface area contributed by atoms with E-state index in [1.807, 2.05) is 34.7 Å². The molecule has 0 aliphatic rings. The number of aromatic nitrogens is 1. The Hall–Kier alpha value is -0.780. The molecule has 1 heterocycles. The number of hydrogen-bond donors (Lipinski definition) is 1. The molecule has 0 saturated carbocycles. The molecule has 0 fully saturated rings. The number of para-hydroxylation sites is 1. The van der Waals surface area contributed by atoms with Gasteiger partial charge in [-0.15, -0.1) is 0 Å². The molecule has 0 saturated heterocycles. The minimum Gasteiger partial charge on any atom is -0.430 e. The molecule has 4 heteroatoms. The largest absolute Gasteiger partial charge is 0.430 e. The van der Waals surface area contributed by atoms with Crippen LogP contribution in [-0.4, -0.2) is 4.98 Å². The minimum absolute atomic E-state index is 0.621. The van der Waals surface area contributed by atoms with Crippen LogP contribution in [0.25, 0.3) is 11.1 Å². The van der Waals surface area contributed by atoms with Gasteiger partial charge in [-0.1, -0.05) is 6.07 Å². The number of nitrogen functional groups attached to an aromatic ring is 1. The van der Waals surface area contributed by atoms with E-state index < -0.39 is 0 Å². The molecule has 0 spiro atoms. The van der Waals surface area contributed by atoms with Gasteiger partial charge in [0, 0.05) is 22.6 Å². The maximum atomic E-state index is 5.63. The monoisotopic (exact) mass is 260 g/mol. The van der Waals surface area contributed by atoms with Crippen molar-refractivity contribution in [3.63, 3.8) is 0 Å². The first-order valence-electron chi connectivity index (χ1n) is 3.08. The van der Waals surface area contributed by atoms with Gasteiger partial charge in [0.15, 0.2) is 5.58 Å². The van der Waals surface area contributed by atoms with E-state index in [4.69, 9.17) is 10.2 Å². The lowest BCUT2D eigenvalue weighted by Gasteiger charge is -1.89. The fourth-order valence-electron chi connectivity index (χ4n) is 0.943. The molecule has 0 amide bonds. The number of rotatable bonds is 0. The zero-order valence-electron chi connectivity index (χ0n) is 5.54. The van der Waals surface area contributed by atoms with Crippen molar-refractivity contribution in [3.05, 3.63) is 22.1 Å². The summed E-state index contributed by atoms with van der Waals surface area (Å²) in [5.74, 6) is 0. The van der Waals surface area contributed by atoms with E-state index in [0.717, 1.165) is 5.52 Å². The van der Waals surface area contributed by atoms with Crippen molar-refractivity contribution in [3.8, 4) is 0 Å². The molecule has 1 aromatic heterocycles. The van der Waals surface area contributed by atoms with Crippen molar-refractivity contribution in [2.24, 2.45) is 0 Å². The third-order valence-electron chi connectivity index (χ3n) is 1.42. The fourth-order valence-corrected chi connectivity index (χ4v) is 1.42. The van der Waals surface area contributed by atoms with Crippen molar-refractivity contribution in [1.82, 2.24) is 4.98 Å². The van der Waals surface area contributed by atoms with Crippen LogP contribution in [0.1, 0.15) is 0 Å². The van der Waals surface area contributed by atoms with Crippen molar-refractivity contribution in [2.75, 3.05) is 5.73 Å². The summed E-state index contributed by atoms with van der Waals surface area (Å²) in [6, 6.07) is 5.53. The van der Waals surface area contributed by atoms with Gasteiger partial charge < -0.3 is 10.2 Å². The summed E-state index contributed by atoms with van der Waals surface area (Å²) >= 11 is 2.02. The van der Waals surface area contributed by atoms with Crippen LogP contribution in [0.2, 0.25) is 0 Å². The van der Waals surface area contributed by atoms with E-state index in [-0.39, 0.29) is 0 Å². The molecule has 0 aliphatic carbocycles. The molecule has 2 N–H and O–H groups in total. The summed E-state index contributed by atoms with van der Waals surface area (Å²) in [5.41, 5.74) is 7.76. The quantitative estimate of drug-likeness (QED) is 0.582. The van der Waals surface area contributed by atoms with Crippen LogP contribution in [0.4, 0.5) is 5.69 Å². The molecule has 2 aromatic rings. The van der Waals surface area contributed by atoms with Crippen molar-refractivity contribution >= 4 is 39.4 Å². The molecule has 0 atom stereocenters. The predicted octanol–water partition coefficient (Wildman–Crippen LogP) is 2.01. The van der Waals surface area contributed by atoms with Gasteiger partial charge in [0.05, 0.1) is 5.69 Å². The predicted molar refractivity (Wildman–Crippen MR) is 51.1 cm³/mol. The van der Waals surface area contributed by atoms with Gasteiger partial charge in [0.1, 0.15) is 5.52 Å². The number of hydrogen-bond acceptors (Lipinski definition) is 3. The molecule has 0 aliphatic heterocycles. The number of nitrogens with two attached hydrogens (primary N) is 1. The smallest absolute Gasteiger partial charge is 0.258 e. The van der Waals surface area contributed by atoms with Crippen LogP contribution < -0.4 is 5.73 Å². The fraction of sp³-hybridized carbons (Fsp3) is 0. The number of oxazole rings is 1. The highest BCUT2D eigenvalue weighted by molar-refractivity contribution is 14.1. The Kier molecular flexibility index (Phi) is 1.49. The van der Waals surface area contributed by atoms with Crippen LogP contribution in [-0.2, 0) is 0 Å². The lowest BCUT2D eigenvalue weighted by Crippen LogP contribution is -1.82. The second-order valence-corrected chi connectivity index (χ2v) is 3.09. The summed E-state index contributed by atoms with van der Waals surface area (Å²) in [6.07, 6.45) is 0. The van der Waals surface area contributed by atoms with Crippen molar-refractivity contribution in [1.29, 1.82) is 0 Å². The average Bonchev–Trinajstić information content (AvgIpc) is 2.31. The SMILES string of the molecule is Nc1cccc2nc(I)oc12. The molecule has 0 bridgehead atoms. The van der Waals surface area contributed by atoms with Gasteiger partial charge >= 0.3 is 0 Å². The third-order valence-corrected chi connectivity index (χ3v) is 1.88. The second kappa shape index (κ2) is 2.37. The third kappa shape index (κ3) is 1.07. The lowest BCUT2D eigenvalue weighted by atomic mass is 10.3. The Morgan fingerprint density at radius 1 is 1.45 bits per heavy atom. The first-order chi connectivity index (χ1) is 5.27. The van der Waals surface area contributed by atoms with E-state index in [9.17, 15) is 0 Å². The Morgan fingerprint density at radius 2 is 2.27 bits per heavy atom. The minimum atomic E-state index is 0.621. The molecule has 0 radical (unpaired) electrons. The Balaban J connectivity index is 2.90. The van der Waals surface area contributed by atoms with Crippen LogP contribution in [0.3, 0.4) is 0 Å². The van der Waals surface area contributed by atoms with E-state index in [2.05, 4.69) is 4.98 Å². The number of benzene rings is 1. The first kappa shape index (κ1) is 6.90. The second-order valence-electron chi connectivity index (χ2n) is 2.16. The highest BCUT2D eigenvalue weighted by atomic mass is 127. The standard InChI is InChI=1S/C7H5IN2O/c8-7-10-5-3-1-2-4(9)6(5)11-7/h1-3H,9H2. The summed E-state index contributed by atoms with van der Waals surface area (Å²) in [5, 5.41) is 0. The molecule has 56 valence electrons. The Labute approximate surface area is 76.7 Å². The maximum Gasteiger partial charge on any atom is 0.258 e. The Morgan fingerprint density at radius 3 is 3.00 bits per heavy atom. The molecule has 0 unspecified atom stereocenters. The highest BCUT2D eigenvalue weighted by Crippen LogP contribution is 2.21. The van der Waals surface area contributed by atoms with Crippen LogP contribution in [0, 0.1) is 3.90 Å². The van der Waals surface area contributed by atoms with Gasteiger partial charge in [0.25, 0.3) is 3.90 Å². The summed E-state index contributed by atoms with van der Waals surface area (Å²) < 4.78 is 5.87. The molecule has 1 aromatic carbocycles. The topological polar surface area (TPSA) is 52.0 Å². The van der Waals surface area contributed by atoms with E-state index in [0.29, 0.717) is 15.2 Å². The van der Waals surface area contributed by atoms with E-state index in [1.54, 1.807) is 6.07 Å². The zero-order chi connectivity index (χ0) is 7.84. The van der Waals surface area contributed by atoms with Gasteiger partial charge in [-0.3, -0.25) is 0 Å². The molecule has 2 rings (SSSR count). The van der Waals surface area contributed by atoms with Crippen LogP contribution >= 0.6 is 22.6 Å². The molecule has 11 heavy (non-hydrogen) atoms. The molecular weight excluding hydrogens is 255 g/mol. The van der Waals surface area contributed by atoms with Gasteiger partial charge in [0.2, 0.25) is 0 Å². The van der Waals surface area contributed by atoms with E-state index in [1.165, 1.54) is 0 Å². The Bertz CT molecular complexity index is 396. The van der Waals surface area contributed by atoms with Gasteiger partial charge in [-0.25, -0.2) is 4.98 Å². The van der Waals surface area contributed by atoms with Crippen LogP contribution in [0.15, 0.2) is 22.6 Å². The summed E-state index contributed by atoms with van der Waals surface area (Å²) in [6.45, 7) is 0. The highest BCUT2D eigenvalue weighted by Gasteiger charge is 2.03. The van der Waals surface area contributed by atoms with E-state index >= 15 is 0 Å². The number of halogens is 1.